The van der Waals surface area contributed by atoms with Crippen molar-refractivity contribution in [1.82, 2.24) is 4.98 Å². The maximum atomic E-state index is 12.9. The van der Waals surface area contributed by atoms with Crippen LogP contribution in [0.15, 0.2) is 28.1 Å². The molecule has 0 aliphatic rings. The number of carbonyl (C=O) groups is 1. The number of carbonyl (C=O) groups excluding carboxylic acids is 1. The van der Waals surface area contributed by atoms with Crippen molar-refractivity contribution in [1.29, 1.82) is 0 Å². The lowest BCUT2D eigenvalue weighted by atomic mass is 10.3. The molecule has 1 heterocycles. The molecule has 0 radical (unpaired) electrons. The fourth-order valence-electron chi connectivity index (χ4n) is 1.38. The summed E-state index contributed by atoms with van der Waals surface area (Å²) in [4.78, 5) is 16.1. The second-order valence-corrected chi connectivity index (χ2v) is 5.68. The number of rotatable bonds is 3. The standard InChI is InChI=1S/C12H11BrFN3OS/c1-6(15)12-17-10(5-19-12)11(18)16-9-3-2-7(14)4-8(9)13/h2-6H,15H2,1H3,(H,16,18). The van der Waals surface area contributed by atoms with E-state index in [1.165, 1.54) is 29.5 Å². The van der Waals surface area contributed by atoms with Gasteiger partial charge in [0.1, 0.15) is 16.5 Å². The third-order valence-electron chi connectivity index (χ3n) is 2.32. The molecule has 2 aromatic rings. The first-order valence-electron chi connectivity index (χ1n) is 5.45. The molecule has 0 fully saturated rings. The van der Waals surface area contributed by atoms with E-state index in [1.807, 2.05) is 0 Å². The number of amides is 1. The molecule has 0 saturated carbocycles. The molecule has 1 atom stereocenters. The zero-order chi connectivity index (χ0) is 14.0. The first-order chi connectivity index (χ1) is 8.97. The molecule has 0 aliphatic heterocycles. The molecule has 1 unspecified atom stereocenters. The summed E-state index contributed by atoms with van der Waals surface area (Å²) >= 11 is 4.52. The van der Waals surface area contributed by atoms with Crippen LogP contribution < -0.4 is 11.1 Å². The Balaban J connectivity index is 2.16. The van der Waals surface area contributed by atoms with Crippen molar-refractivity contribution in [3.05, 3.63) is 44.6 Å². The number of nitrogens with zero attached hydrogens (tertiary/aromatic N) is 1. The van der Waals surface area contributed by atoms with Crippen LogP contribution in [0.1, 0.15) is 28.5 Å². The van der Waals surface area contributed by atoms with Crippen molar-refractivity contribution in [3.8, 4) is 0 Å². The van der Waals surface area contributed by atoms with Gasteiger partial charge in [-0.05, 0) is 41.1 Å². The van der Waals surface area contributed by atoms with Crippen molar-refractivity contribution >= 4 is 38.9 Å². The highest BCUT2D eigenvalue weighted by Crippen LogP contribution is 2.24. The van der Waals surface area contributed by atoms with E-state index in [0.29, 0.717) is 20.9 Å². The van der Waals surface area contributed by atoms with Gasteiger partial charge < -0.3 is 11.1 Å². The number of aromatic nitrogens is 1. The zero-order valence-corrected chi connectivity index (χ0v) is 12.4. The van der Waals surface area contributed by atoms with Crippen molar-refractivity contribution in [2.24, 2.45) is 5.73 Å². The number of halogens is 2. The van der Waals surface area contributed by atoms with Gasteiger partial charge in [-0.3, -0.25) is 4.79 Å². The lowest BCUT2D eigenvalue weighted by molar-refractivity contribution is 0.102. The first-order valence-corrected chi connectivity index (χ1v) is 7.12. The van der Waals surface area contributed by atoms with Gasteiger partial charge in [-0.2, -0.15) is 0 Å². The van der Waals surface area contributed by atoms with Gasteiger partial charge in [0.2, 0.25) is 0 Å². The van der Waals surface area contributed by atoms with Gasteiger partial charge >= 0.3 is 0 Å². The SMILES string of the molecule is CC(N)c1nc(C(=O)Nc2ccc(F)cc2Br)cs1. The van der Waals surface area contributed by atoms with Crippen LogP contribution in [0.4, 0.5) is 10.1 Å². The molecule has 1 amide bonds. The lowest BCUT2D eigenvalue weighted by Gasteiger charge is -2.05. The van der Waals surface area contributed by atoms with Crippen LogP contribution in [0.25, 0.3) is 0 Å². The van der Waals surface area contributed by atoms with Crippen LogP contribution >= 0.6 is 27.3 Å². The molecule has 1 aromatic heterocycles. The van der Waals surface area contributed by atoms with Crippen LogP contribution in [-0.2, 0) is 0 Å². The molecular formula is C12H11BrFN3OS. The molecule has 0 spiro atoms. The number of anilines is 1. The summed E-state index contributed by atoms with van der Waals surface area (Å²) in [6, 6.07) is 3.83. The average Bonchev–Trinajstić information content (AvgIpc) is 2.82. The van der Waals surface area contributed by atoms with Crippen LogP contribution in [0.2, 0.25) is 0 Å². The van der Waals surface area contributed by atoms with Gasteiger partial charge in [0, 0.05) is 9.85 Å². The van der Waals surface area contributed by atoms with Gasteiger partial charge in [-0.15, -0.1) is 11.3 Å². The van der Waals surface area contributed by atoms with E-state index in [2.05, 4.69) is 26.2 Å². The Bertz CT molecular complexity index is 615. The topological polar surface area (TPSA) is 68.0 Å². The van der Waals surface area contributed by atoms with E-state index in [0.717, 1.165) is 0 Å². The monoisotopic (exact) mass is 343 g/mol. The Hall–Kier alpha value is -1.31. The number of nitrogens with two attached hydrogens (primary N) is 1. The highest BCUT2D eigenvalue weighted by Gasteiger charge is 2.14. The number of hydrogen-bond acceptors (Lipinski definition) is 4. The second kappa shape index (κ2) is 5.77. The van der Waals surface area contributed by atoms with Gasteiger partial charge in [0.05, 0.1) is 11.7 Å². The largest absolute Gasteiger partial charge is 0.322 e. The van der Waals surface area contributed by atoms with Crippen LogP contribution in [-0.4, -0.2) is 10.9 Å². The van der Waals surface area contributed by atoms with Gasteiger partial charge in [-0.1, -0.05) is 0 Å². The Morgan fingerprint density at radius 3 is 2.89 bits per heavy atom. The molecule has 2 rings (SSSR count). The third kappa shape index (κ3) is 3.37. The maximum Gasteiger partial charge on any atom is 0.275 e. The summed E-state index contributed by atoms with van der Waals surface area (Å²) in [6.45, 7) is 1.80. The van der Waals surface area contributed by atoms with Gasteiger partial charge in [-0.25, -0.2) is 9.37 Å². The lowest BCUT2D eigenvalue weighted by Crippen LogP contribution is -2.13. The Kier molecular flexibility index (Phi) is 4.28. The molecule has 4 nitrogen and oxygen atoms in total. The van der Waals surface area contributed by atoms with Crippen molar-refractivity contribution in [3.63, 3.8) is 0 Å². The summed E-state index contributed by atoms with van der Waals surface area (Å²) < 4.78 is 13.4. The molecule has 3 N–H and O–H groups in total. The molecule has 19 heavy (non-hydrogen) atoms. The predicted octanol–water partition coefficient (Wildman–Crippen LogP) is 3.32. The molecule has 100 valence electrons. The molecule has 0 bridgehead atoms. The summed E-state index contributed by atoms with van der Waals surface area (Å²) in [5, 5.41) is 5.00. The second-order valence-electron chi connectivity index (χ2n) is 3.94. The average molecular weight is 344 g/mol. The van der Waals surface area contributed by atoms with E-state index >= 15 is 0 Å². The zero-order valence-electron chi connectivity index (χ0n) is 9.98. The maximum absolute atomic E-state index is 12.9. The van der Waals surface area contributed by atoms with Gasteiger partial charge in [0.25, 0.3) is 5.91 Å². The summed E-state index contributed by atoms with van der Waals surface area (Å²) in [7, 11) is 0. The number of hydrogen-bond donors (Lipinski definition) is 2. The molecule has 1 aromatic carbocycles. The van der Waals surface area contributed by atoms with Crippen LogP contribution in [0, 0.1) is 5.82 Å². The third-order valence-corrected chi connectivity index (χ3v) is 4.03. The van der Waals surface area contributed by atoms with E-state index in [-0.39, 0.29) is 17.8 Å². The molecule has 0 saturated heterocycles. The van der Waals surface area contributed by atoms with Crippen molar-refractivity contribution in [2.75, 3.05) is 5.32 Å². The van der Waals surface area contributed by atoms with E-state index in [4.69, 9.17) is 5.73 Å². The van der Waals surface area contributed by atoms with Crippen LogP contribution in [0.5, 0.6) is 0 Å². The fourth-order valence-corrected chi connectivity index (χ4v) is 2.59. The summed E-state index contributed by atoms with van der Waals surface area (Å²) in [5.74, 6) is -0.728. The van der Waals surface area contributed by atoms with Gasteiger partial charge in [0.15, 0.2) is 0 Å². The Labute approximate surface area is 122 Å². The van der Waals surface area contributed by atoms with E-state index < -0.39 is 0 Å². The highest BCUT2D eigenvalue weighted by molar-refractivity contribution is 9.10. The quantitative estimate of drug-likeness (QED) is 0.898. The normalized spacial score (nSPS) is 12.2. The van der Waals surface area contributed by atoms with Crippen molar-refractivity contribution < 1.29 is 9.18 Å². The van der Waals surface area contributed by atoms with Crippen molar-refractivity contribution in [2.45, 2.75) is 13.0 Å². The smallest absolute Gasteiger partial charge is 0.275 e. The van der Waals surface area contributed by atoms with E-state index in [1.54, 1.807) is 12.3 Å². The molecular weight excluding hydrogens is 333 g/mol. The first kappa shape index (κ1) is 14.1. The minimum Gasteiger partial charge on any atom is -0.322 e. The minimum atomic E-state index is -0.377. The summed E-state index contributed by atoms with van der Waals surface area (Å²) in [5.41, 5.74) is 6.47. The molecule has 7 heteroatoms. The number of benzene rings is 1. The number of nitrogens with one attached hydrogen (secondary N) is 1. The molecule has 0 aliphatic carbocycles. The fraction of sp³-hybridized carbons (Fsp3) is 0.167. The highest BCUT2D eigenvalue weighted by atomic mass is 79.9. The Morgan fingerprint density at radius 1 is 1.58 bits per heavy atom. The number of thiazole rings is 1. The minimum absolute atomic E-state index is 0.205. The predicted molar refractivity (Wildman–Crippen MR) is 76.8 cm³/mol. The van der Waals surface area contributed by atoms with Crippen LogP contribution in [0.3, 0.4) is 0 Å². The Morgan fingerprint density at radius 2 is 2.32 bits per heavy atom. The van der Waals surface area contributed by atoms with E-state index in [9.17, 15) is 9.18 Å². The summed E-state index contributed by atoms with van der Waals surface area (Å²) in [6.07, 6.45) is 0.